The molecule has 1 aromatic carbocycles. The van der Waals surface area contributed by atoms with Gasteiger partial charge in [-0.2, -0.15) is 0 Å². The fourth-order valence-electron chi connectivity index (χ4n) is 6.15. The van der Waals surface area contributed by atoms with Gasteiger partial charge in [0.05, 0.1) is 30.6 Å². The van der Waals surface area contributed by atoms with Crippen molar-refractivity contribution in [2.75, 3.05) is 19.8 Å². The van der Waals surface area contributed by atoms with Gasteiger partial charge in [0.2, 0.25) is 12.6 Å². The molecule has 4 heterocycles. The molecule has 18 nitrogen and oxygen atoms in total. The number of rotatable bonds is 11. The molecule has 13 atom stereocenters. The molecule has 0 spiro atoms. The summed E-state index contributed by atoms with van der Waals surface area (Å²) in [5, 5.41) is 51.3. The molecule has 3 saturated heterocycles. The monoisotopic (exact) mass is 724 g/mol. The van der Waals surface area contributed by atoms with Gasteiger partial charge in [0.25, 0.3) is 0 Å². The fraction of sp³-hybridized carbons (Fsp3) is 0.576. The van der Waals surface area contributed by atoms with Crippen molar-refractivity contribution in [2.24, 2.45) is 11.8 Å². The van der Waals surface area contributed by atoms with E-state index in [0.29, 0.717) is 6.42 Å². The first-order chi connectivity index (χ1) is 24.3. The van der Waals surface area contributed by atoms with Crippen LogP contribution in [0.1, 0.15) is 30.6 Å². The first kappa shape index (κ1) is 38.1. The SMILES string of the molecule is C=C[C@@H]1[C@@H](O[C@@H]2O[C@H](COC(C)=O)[C@@H](OC(=O)c3cccc(O[C@@H]4O[C@H](CO)[C@@H](O)[C@H](O)[C@H]4O)c3)[C@H](OC(C)=O)[C@H]2O)OC=C2C(=O)OCC[C@@H]21. The van der Waals surface area contributed by atoms with Crippen molar-refractivity contribution in [2.45, 2.75) is 88.0 Å². The van der Waals surface area contributed by atoms with E-state index in [-0.39, 0.29) is 29.4 Å². The van der Waals surface area contributed by atoms with Gasteiger partial charge in [-0.25, -0.2) is 9.59 Å². The first-order valence-electron chi connectivity index (χ1n) is 16.1. The minimum atomic E-state index is -1.79. The van der Waals surface area contributed by atoms with Gasteiger partial charge in [-0.1, -0.05) is 12.1 Å². The van der Waals surface area contributed by atoms with Crippen LogP contribution in [-0.4, -0.2) is 137 Å². The molecular formula is C33H40O18. The maximum Gasteiger partial charge on any atom is 0.338 e. The molecule has 280 valence electrons. The number of carbonyl (C=O) groups is 4. The average molecular weight is 725 g/mol. The van der Waals surface area contributed by atoms with E-state index in [9.17, 15) is 44.7 Å². The van der Waals surface area contributed by atoms with Crippen molar-refractivity contribution in [1.29, 1.82) is 0 Å². The number of aliphatic hydroxyl groups excluding tert-OH is 5. The summed E-state index contributed by atoms with van der Waals surface area (Å²) in [5.41, 5.74) is 0.145. The van der Waals surface area contributed by atoms with E-state index in [1.807, 2.05) is 0 Å². The molecule has 0 saturated carbocycles. The third kappa shape index (κ3) is 8.50. The number of aliphatic hydroxyl groups is 5. The summed E-state index contributed by atoms with van der Waals surface area (Å²) in [7, 11) is 0. The molecule has 5 rings (SSSR count). The Labute approximate surface area is 291 Å². The lowest BCUT2D eigenvalue weighted by atomic mass is 9.81. The van der Waals surface area contributed by atoms with Gasteiger partial charge in [-0.15, -0.1) is 6.58 Å². The van der Waals surface area contributed by atoms with Crippen LogP contribution in [0.4, 0.5) is 0 Å². The molecule has 0 radical (unpaired) electrons. The number of fused-ring (bicyclic) bond motifs is 1. The highest BCUT2D eigenvalue weighted by Gasteiger charge is 2.53. The second kappa shape index (κ2) is 16.5. The third-order valence-corrected chi connectivity index (χ3v) is 8.73. The van der Waals surface area contributed by atoms with Gasteiger partial charge in [-0.05, 0) is 24.6 Å². The van der Waals surface area contributed by atoms with Crippen LogP contribution in [0.3, 0.4) is 0 Å². The highest BCUT2D eigenvalue weighted by Crippen LogP contribution is 2.39. The van der Waals surface area contributed by atoms with Crippen LogP contribution in [0.2, 0.25) is 0 Å². The number of ether oxygens (including phenoxy) is 9. The molecular weight excluding hydrogens is 684 g/mol. The summed E-state index contributed by atoms with van der Waals surface area (Å²) >= 11 is 0. The van der Waals surface area contributed by atoms with Crippen LogP contribution in [0.25, 0.3) is 0 Å². The van der Waals surface area contributed by atoms with Crippen molar-refractivity contribution in [3.8, 4) is 5.75 Å². The van der Waals surface area contributed by atoms with Crippen LogP contribution in [-0.2, 0) is 52.3 Å². The molecule has 0 aromatic heterocycles. The largest absolute Gasteiger partial charge is 0.471 e. The molecule has 5 N–H and O–H groups in total. The summed E-state index contributed by atoms with van der Waals surface area (Å²) in [6.07, 6.45) is -13.8. The number of benzene rings is 1. The Morgan fingerprint density at radius 2 is 1.67 bits per heavy atom. The van der Waals surface area contributed by atoms with Crippen molar-refractivity contribution in [1.82, 2.24) is 0 Å². The Hall–Kier alpha value is -4.14. The molecule has 18 heteroatoms. The molecule has 4 aliphatic rings. The zero-order valence-electron chi connectivity index (χ0n) is 27.5. The number of cyclic esters (lactones) is 1. The van der Waals surface area contributed by atoms with E-state index in [4.69, 9.17) is 42.6 Å². The number of esters is 4. The minimum Gasteiger partial charge on any atom is -0.471 e. The van der Waals surface area contributed by atoms with E-state index < -0.39 is 111 Å². The van der Waals surface area contributed by atoms with E-state index in [1.165, 1.54) is 36.6 Å². The summed E-state index contributed by atoms with van der Waals surface area (Å²) in [4.78, 5) is 49.8. The molecule has 0 amide bonds. The Kier molecular flexibility index (Phi) is 12.3. The molecule has 0 unspecified atom stereocenters. The van der Waals surface area contributed by atoms with Gasteiger partial charge in [-0.3, -0.25) is 9.59 Å². The maximum atomic E-state index is 13.5. The van der Waals surface area contributed by atoms with Gasteiger partial charge in [0.15, 0.2) is 18.5 Å². The average Bonchev–Trinajstić information content (AvgIpc) is 3.10. The summed E-state index contributed by atoms with van der Waals surface area (Å²) in [5.74, 6) is -4.20. The Bertz CT molecular complexity index is 1480. The number of hydrogen-bond acceptors (Lipinski definition) is 18. The van der Waals surface area contributed by atoms with Gasteiger partial charge in [0.1, 0.15) is 49.0 Å². The quantitative estimate of drug-likeness (QED) is 0.0999. The summed E-state index contributed by atoms with van der Waals surface area (Å²) < 4.78 is 49.9. The molecule has 0 aliphatic carbocycles. The van der Waals surface area contributed by atoms with E-state index >= 15 is 0 Å². The maximum absolute atomic E-state index is 13.5. The van der Waals surface area contributed by atoms with Gasteiger partial charge in [0, 0.05) is 25.7 Å². The Balaban J connectivity index is 1.35. The van der Waals surface area contributed by atoms with Crippen LogP contribution >= 0.6 is 0 Å². The Morgan fingerprint density at radius 3 is 2.35 bits per heavy atom. The lowest BCUT2D eigenvalue weighted by Gasteiger charge is -2.45. The molecule has 1 aromatic rings. The smallest absolute Gasteiger partial charge is 0.338 e. The molecule has 51 heavy (non-hydrogen) atoms. The van der Waals surface area contributed by atoms with Crippen molar-refractivity contribution in [3.63, 3.8) is 0 Å². The third-order valence-electron chi connectivity index (χ3n) is 8.73. The zero-order chi connectivity index (χ0) is 37.0. The van der Waals surface area contributed by atoms with Crippen molar-refractivity contribution in [3.05, 3.63) is 54.3 Å². The number of carbonyl (C=O) groups excluding carboxylic acids is 4. The van der Waals surface area contributed by atoms with Crippen molar-refractivity contribution < 1.29 is 87.3 Å². The van der Waals surface area contributed by atoms with Gasteiger partial charge >= 0.3 is 23.9 Å². The minimum absolute atomic E-state index is 0.0529. The van der Waals surface area contributed by atoms with E-state index in [0.717, 1.165) is 13.8 Å². The second-order valence-electron chi connectivity index (χ2n) is 12.2. The standard InChI is InChI=1S/C33H40O18/c1-4-18-19-8-9-43-30(42)20(19)12-45-31(18)51-33-26(40)28(46-15(3)36)27(22(49-33)13-44-14(2)35)50-29(41)16-6-5-7-17(10-16)47-32-25(39)24(38)23(37)21(11-34)48-32/h4-7,10,12,18-19,21-28,31-34,37-40H,1,8-9,11,13H2,2-3H3/t18-,19+,21+,22+,23+,24-,25+,26+,27+,28+,31+,32+,33-/m0/s1. The lowest BCUT2D eigenvalue weighted by Crippen LogP contribution is -2.62. The van der Waals surface area contributed by atoms with Crippen LogP contribution in [0.15, 0.2) is 48.8 Å². The van der Waals surface area contributed by atoms with Crippen LogP contribution in [0, 0.1) is 11.8 Å². The normalized spacial score (nSPS) is 36.3. The molecule has 0 bridgehead atoms. The highest BCUT2D eigenvalue weighted by molar-refractivity contribution is 5.90. The summed E-state index contributed by atoms with van der Waals surface area (Å²) in [6, 6.07) is 5.29. The molecule has 4 aliphatic heterocycles. The van der Waals surface area contributed by atoms with Gasteiger partial charge < -0.3 is 68.2 Å². The van der Waals surface area contributed by atoms with Crippen molar-refractivity contribution >= 4 is 23.9 Å². The topological polar surface area (TPSA) is 252 Å². The second-order valence-corrected chi connectivity index (χ2v) is 12.2. The van der Waals surface area contributed by atoms with E-state index in [1.54, 1.807) is 0 Å². The predicted octanol–water partition coefficient (Wildman–Crippen LogP) is -1.41. The Morgan fingerprint density at radius 1 is 0.922 bits per heavy atom. The highest BCUT2D eigenvalue weighted by atomic mass is 16.8. The van der Waals surface area contributed by atoms with Crippen LogP contribution in [0.5, 0.6) is 5.75 Å². The lowest BCUT2D eigenvalue weighted by molar-refractivity contribution is -0.339. The van der Waals surface area contributed by atoms with Crippen LogP contribution < -0.4 is 4.74 Å². The summed E-state index contributed by atoms with van der Waals surface area (Å²) in [6.45, 7) is 4.95. The number of hydrogen-bond donors (Lipinski definition) is 5. The molecule has 3 fully saturated rings. The van der Waals surface area contributed by atoms with E-state index in [2.05, 4.69) is 6.58 Å². The fourth-order valence-corrected chi connectivity index (χ4v) is 6.15. The predicted molar refractivity (Wildman–Crippen MR) is 164 cm³/mol. The zero-order valence-corrected chi connectivity index (χ0v) is 27.5. The first-order valence-corrected chi connectivity index (χ1v) is 16.1.